The van der Waals surface area contributed by atoms with Crippen LogP contribution in [0.1, 0.15) is 6.92 Å². The number of hydrogen-bond acceptors (Lipinski definition) is 6. The molecular formula is C21H17F2N5O4S. The highest BCUT2D eigenvalue weighted by Crippen LogP contribution is 2.32. The number of rotatable bonds is 6. The molecule has 170 valence electrons. The van der Waals surface area contributed by atoms with Gasteiger partial charge in [-0.25, -0.2) is 27.2 Å². The maximum Gasteiger partial charge on any atom is 0.264 e. The van der Waals surface area contributed by atoms with Crippen LogP contribution in [0.4, 0.5) is 20.4 Å². The van der Waals surface area contributed by atoms with Crippen LogP contribution in [-0.2, 0) is 14.8 Å². The summed E-state index contributed by atoms with van der Waals surface area (Å²) >= 11 is 0. The maximum atomic E-state index is 14.1. The summed E-state index contributed by atoms with van der Waals surface area (Å²) < 4.78 is 60.0. The number of imidazole rings is 1. The summed E-state index contributed by atoms with van der Waals surface area (Å²) in [5.41, 5.74) is 2.37. The Bertz CT molecular complexity index is 1490. The predicted octanol–water partition coefficient (Wildman–Crippen LogP) is 3.67. The van der Waals surface area contributed by atoms with Crippen LogP contribution in [0.2, 0.25) is 0 Å². The number of methoxy groups -OCH3 is 1. The molecule has 2 aromatic carbocycles. The molecule has 0 fully saturated rings. The van der Waals surface area contributed by atoms with Gasteiger partial charge < -0.3 is 9.72 Å². The van der Waals surface area contributed by atoms with Crippen molar-refractivity contribution in [2.45, 2.75) is 11.8 Å². The molecule has 0 saturated carbocycles. The predicted molar refractivity (Wildman–Crippen MR) is 117 cm³/mol. The number of halogens is 2. The summed E-state index contributed by atoms with van der Waals surface area (Å²) in [6.07, 6.45) is 1.47. The second-order valence-corrected chi connectivity index (χ2v) is 8.61. The monoisotopic (exact) mass is 473 g/mol. The minimum atomic E-state index is -4.40. The smallest absolute Gasteiger partial charge is 0.264 e. The number of amides is 1. The van der Waals surface area contributed by atoms with Crippen molar-refractivity contribution in [1.29, 1.82) is 0 Å². The molecule has 9 nitrogen and oxygen atoms in total. The first-order valence-electron chi connectivity index (χ1n) is 9.46. The van der Waals surface area contributed by atoms with E-state index in [0.717, 1.165) is 12.1 Å². The Labute approximate surface area is 186 Å². The molecule has 4 aromatic rings. The third-order valence-electron chi connectivity index (χ3n) is 4.58. The van der Waals surface area contributed by atoms with E-state index in [0.29, 0.717) is 28.2 Å². The number of aromatic amines is 1. The fourth-order valence-electron chi connectivity index (χ4n) is 3.15. The molecular weight excluding hydrogens is 456 g/mol. The summed E-state index contributed by atoms with van der Waals surface area (Å²) in [5, 5.41) is 2.56. The van der Waals surface area contributed by atoms with Crippen molar-refractivity contribution in [2.24, 2.45) is 0 Å². The van der Waals surface area contributed by atoms with Crippen molar-refractivity contribution in [1.82, 2.24) is 15.0 Å². The van der Waals surface area contributed by atoms with Gasteiger partial charge >= 0.3 is 0 Å². The zero-order valence-corrected chi connectivity index (χ0v) is 18.1. The third-order valence-corrected chi connectivity index (χ3v) is 5.98. The zero-order chi connectivity index (χ0) is 23.8. The molecule has 0 radical (unpaired) electrons. The van der Waals surface area contributed by atoms with Gasteiger partial charge in [-0.3, -0.25) is 14.8 Å². The molecule has 4 rings (SSSR count). The zero-order valence-electron chi connectivity index (χ0n) is 17.3. The minimum Gasteiger partial charge on any atom is -0.480 e. The highest BCUT2D eigenvalue weighted by molar-refractivity contribution is 7.92. The molecule has 0 atom stereocenters. The Hall–Kier alpha value is -4.06. The summed E-state index contributed by atoms with van der Waals surface area (Å²) in [6, 6.07) is 8.83. The number of nitrogens with one attached hydrogen (secondary N) is 3. The van der Waals surface area contributed by atoms with Crippen LogP contribution in [0.15, 0.2) is 53.6 Å². The Morgan fingerprint density at radius 3 is 2.58 bits per heavy atom. The molecule has 12 heteroatoms. The first-order valence-corrected chi connectivity index (χ1v) is 10.9. The van der Waals surface area contributed by atoms with Gasteiger partial charge in [0, 0.05) is 24.8 Å². The lowest BCUT2D eigenvalue weighted by Gasteiger charge is -2.13. The third kappa shape index (κ3) is 4.60. The number of aromatic nitrogens is 3. The normalized spacial score (nSPS) is 11.4. The van der Waals surface area contributed by atoms with E-state index in [1.165, 1.54) is 26.3 Å². The van der Waals surface area contributed by atoms with E-state index < -0.39 is 26.6 Å². The maximum absolute atomic E-state index is 14.1. The van der Waals surface area contributed by atoms with E-state index in [9.17, 15) is 22.0 Å². The molecule has 2 aromatic heterocycles. The van der Waals surface area contributed by atoms with Crippen LogP contribution in [0.3, 0.4) is 0 Å². The quantitative estimate of drug-likeness (QED) is 0.392. The van der Waals surface area contributed by atoms with Gasteiger partial charge in [-0.2, -0.15) is 0 Å². The molecule has 0 aliphatic rings. The van der Waals surface area contributed by atoms with Gasteiger partial charge in [0.1, 0.15) is 22.2 Å². The number of ether oxygens (including phenoxy) is 1. The number of nitrogens with zero attached hydrogens (tertiary/aromatic N) is 2. The highest BCUT2D eigenvalue weighted by Gasteiger charge is 2.22. The van der Waals surface area contributed by atoms with Crippen molar-refractivity contribution in [3.8, 4) is 17.0 Å². The number of sulfonamides is 1. The van der Waals surface area contributed by atoms with Crippen molar-refractivity contribution < 1.29 is 26.7 Å². The van der Waals surface area contributed by atoms with Crippen LogP contribution < -0.4 is 14.8 Å². The molecule has 0 spiro atoms. The number of carbonyl (C=O) groups excluding carboxylic acids is 1. The molecule has 0 aliphatic carbocycles. The van der Waals surface area contributed by atoms with Crippen LogP contribution >= 0.6 is 0 Å². The largest absolute Gasteiger partial charge is 0.480 e. The van der Waals surface area contributed by atoms with E-state index in [1.807, 2.05) is 0 Å². The summed E-state index contributed by atoms with van der Waals surface area (Å²) in [5.74, 6) is -2.16. The molecule has 1 amide bonds. The Morgan fingerprint density at radius 2 is 1.88 bits per heavy atom. The van der Waals surface area contributed by atoms with Crippen LogP contribution in [0.5, 0.6) is 5.88 Å². The van der Waals surface area contributed by atoms with Gasteiger partial charge in [0.15, 0.2) is 0 Å². The number of fused-ring (bicyclic) bond motifs is 1. The van der Waals surface area contributed by atoms with E-state index >= 15 is 0 Å². The van der Waals surface area contributed by atoms with Crippen molar-refractivity contribution >= 4 is 38.6 Å². The standard InChI is InChI=1S/C21H17F2N5O4S/c1-11(29)25-21-26-16-5-3-12(7-17(16)27-21)13-8-18(20(32-2)24-10-13)28-33(30,31)19-6-4-14(22)9-15(19)23/h3-10,28H,1-2H3,(H2,25,26,27,29). The van der Waals surface area contributed by atoms with E-state index in [-0.39, 0.29) is 23.4 Å². The molecule has 33 heavy (non-hydrogen) atoms. The average Bonchev–Trinajstić information content (AvgIpc) is 3.13. The van der Waals surface area contributed by atoms with Gasteiger partial charge in [-0.1, -0.05) is 6.07 Å². The molecule has 3 N–H and O–H groups in total. The lowest BCUT2D eigenvalue weighted by molar-refractivity contribution is -0.114. The Morgan fingerprint density at radius 1 is 1.09 bits per heavy atom. The molecule has 2 heterocycles. The number of benzene rings is 2. The highest BCUT2D eigenvalue weighted by atomic mass is 32.2. The topological polar surface area (TPSA) is 126 Å². The Kier molecular flexibility index (Phi) is 5.68. The van der Waals surface area contributed by atoms with Crippen LogP contribution in [0, 0.1) is 11.6 Å². The second kappa shape index (κ2) is 8.47. The van der Waals surface area contributed by atoms with Crippen LogP contribution in [0.25, 0.3) is 22.2 Å². The first-order chi connectivity index (χ1) is 15.7. The van der Waals surface area contributed by atoms with Crippen LogP contribution in [-0.4, -0.2) is 36.4 Å². The minimum absolute atomic E-state index is 0.0395. The van der Waals surface area contributed by atoms with E-state index in [2.05, 4.69) is 25.0 Å². The molecule has 0 unspecified atom stereocenters. The number of pyridine rings is 1. The molecule has 0 saturated heterocycles. The van der Waals surface area contributed by atoms with Gasteiger partial charge in [0.25, 0.3) is 10.0 Å². The molecule has 0 bridgehead atoms. The summed E-state index contributed by atoms with van der Waals surface area (Å²) in [6.45, 7) is 1.36. The lowest BCUT2D eigenvalue weighted by atomic mass is 10.1. The van der Waals surface area contributed by atoms with E-state index in [4.69, 9.17) is 4.74 Å². The number of hydrogen-bond donors (Lipinski definition) is 3. The van der Waals surface area contributed by atoms with E-state index in [1.54, 1.807) is 18.2 Å². The average molecular weight is 473 g/mol. The fourth-order valence-corrected chi connectivity index (χ4v) is 4.26. The second-order valence-electron chi connectivity index (χ2n) is 6.96. The van der Waals surface area contributed by atoms with Gasteiger partial charge in [0.05, 0.1) is 18.1 Å². The summed E-state index contributed by atoms with van der Waals surface area (Å²) in [7, 11) is -3.10. The van der Waals surface area contributed by atoms with Gasteiger partial charge in [0.2, 0.25) is 17.7 Å². The number of anilines is 2. The van der Waals surface area contributed by atoms with Gasteiger partial charge in [-0.15, -0.1) is 0 Å². The van der Waals surface area contributed by atoms with Crippen molar-refractivity contribution in [3.63, 3.8) is 0 Å². The first kappa shape index (κ1) is 22.1. The van der Waals surface area contributed by atoms with Crippen molar-refractivity contribution in [3.05, 3.63) is 60.3 Å². The summed E-state index contributed by atoms with van der Waals surface area (Å²) in [4.78, 5) is 21.9. The van der Waals surface area contributed by atoms with Crippen molar-refractivity contribution in [2.75, 3.05) is 17.1 Å². The lowest BCUT2D eigenvalue weighted by Crippen LogP contribution is -2.15. The Balaban J connectivity index is 1.71. The van der Waals surface area contributed by atoms with Gasteiger partial charge in [-0.05, 0) is 35.9 Å². The number of carbonyl (C=O) groups is 1. The SMILES string of the molecule is COc1ncc(-c2ccc3nc(NC(C)=O)[nH]c3c2)cc1NS(=O)(=O)c1ccc(F)cc1F. The fraction of sp³-hybridized carbons (Fsp3) is 0.0952. The number of H-pyrrole nitrogens is 1. The molecule has 0 aliphatic heterocycles.